The molecule has 1 saturated carbocycles. The van der Waals surface area contributed by atoms with E-state index in [9.17, 15) is 17.6 Å². The zero-order valence-corrected chi connectivity index (χ0v) is 10.1. The van der Waals surface area contributed by atoms with Gasteiger partial charge in [-0.25, -0.2) is 0 Å². The van der Waals surface area contributed by atoms with Crippen molar-refractivity contribution in [2.45, 2.75) is 56.5 Å². The molecule has 1 saturated heterocycles. The predicted molar refractivity (Wildman–Crippen MR) is 53.5 cm³/mol. The monoisotopic (exact) mass is 272 g/mol. The first kappa shape index (κ1) is 14.0. The van der Waals surface area contributed by atoms with Crippen molar-refractivity contribution in [3.8, 4) is 0 Å². The standard InChI is InChI=1S/C11H16F4O3/c1-9(12,13)11(14,15)17-7-8-6-16-10(18-8)4-2-3-5-10/h8H,2-7H2,1H3. The lowest BCUT2D eigenvalue weighted by atomic mass is 10.2. The van der Waals surface area contributed by atoms with Crippen LogP contribution in [0.3, 0.4) is 0 Å². The van der Waals surface area contributed by atoms with Crippen molar-refractivity contribution in [3.05, 3.63) is 0 Å². The molecule has 3 nitrogen and oxygen atoms in total. The first-order valence-corrected chi connectivity index (χ1v) is 5.95. The molecule has 2 rings (SSSR count). The van der Waals surface area contributed by atoms with Crippen LogP contribution in [0.25, 0.3) is 0 Å². The van der Waals surface area contributed by atoms with Crippen molar-refractivity contribution in [2.75, 3.05) is 13.2 Å². The summed E-state index contributed by atoms with van der Waals surface area (Å²) in [6.07, 6.45) is -1.86. The van der Waals surface area contributed by atoms with E-state index in [2.05, 4.69) is 4.74 Å². The minimum atomic E-state index is -4.48. The molecule has 0 aromatic carbocycles. The van der Waals surface area contributed by atoms with E-state index < -0.39 is 30.5 Å². The van der Waals surface area contributed by atoms with E-state index in [1.807, 2.05) is 0 Å². The zero-order valence-electron chi connectivity index (χ0n) is 10.1. The maximum absolute atomic E-state index is 12.9. The molecular formula is C11H16F4O3. The van der Waals surface area contributed by atoms with Gasteiger partial charge in [0.1, 0.15) is 6.10 Å². The second-order valence-corrected chi connectivity index (χ2v) is 4.88. The highest BCUT2D eigenvalue weighted by atomic mass is 19.3. The Hall–Kier alpha value is -0.400. The van der Waals surface area contributed by atoms with Crippen molar-refractivity contribution in [1.82, 2.24) is 0 Å². The summed E-state index contributed by atoms with van der Waals surface area (Å²) in [5.41, 5.74) is 0. The first-order chi connectivity index (χ1) is 8.24. The lowest BCUT2D eigenvalue weighted by Crippen LogP contribution is -2.42. The summed E-state index contributed by atoms with van der Waals surface area (Å²) in [6.45, 7) is -0.374. The number of hydrogen-bond acceptors (Lipinski definition) is 3. The summed E-state index contributed by atoms with van der Waals surface area (Å²) < 4.78 is 65.7. The number of hydrogen-bond donors (Lipinski definition) is 0. The Morgan fingerprint density at radius 1 is 1.22 bits per heavy atom. The van der Waals surface area contributed by atoms with Gasteiger partial charge in [0.2, 0.25) is 0 Å². The highest BCUT2D eigenvalue weighted by molar-refractivity contribution is 4.84. The molecule has 0 amide bonds. The van der Waals surface area contributed by atoms with Crippen molar-refractivity contribution < 1.29 is 31.8 Å². The Kier molecular flexibility index (Phi) is 3.59. The molecule has 18 heavy (non-hydrogen) atoms. The summed E-state index contributed by atoms with van der Waals surface area (Å²) in [5.74, 6) is -4.91. The molecular weight excluding hydrogens is 256 g/mol. The van der Waals surface area contributed by atoms with Crippen LogP contribution in [-0.4, -0.2) is 37.1 Å². The Morgan fingerprint density at radius 3 is 2.39 bits per heavy atom. The van der Waals surface area contributed by atoms with E-state index in [1.165, 1.54) is 0 Å². The molecule has 2 aliphatic rings. The van der Waals surface area contributed by atoms with Gasteiger partial charge in [0, 0.05) is 19.8 Å². The van der Waals surface area contributed by atoms with Gasteiger partial charge in [-0.2, -0.15) is 17.6 Å². The van der Waals surface area contributed by atoms with Gasteiger partial charge in [-0.3, -0.25) is 0 Å². The summed E-state index contributed by atoms with van der Waals surface area (Å²) in [6, 6.07) is 0. The van der Waals surface area contributed by atoms with Gasteiger partial charge in [0.05, 0.1) is 13.2 Å². The summed E-state index contributed by atoms with van der Waals surface area (Å²) >= 11 is 0. The largest absolute Gasteiger partial charge is 0.419 e. The van der Waals surface area contributed by atoms with Gasteiger partial charge in [0.25, 0.3) is 0 Å². The smallest absolute Gasteiger partial charge is 0.347 e. The first-order valence-electron chi connectivity index (χ1n) is 5.95. The molecule has 2 fully saturated rings. The van der Waals surface area contributed by atoms with Gasteiger partial charge in [0.15, 0.2) is 5.79 Å². The molecule has 106 valence electrons. The molecule has 7 heteroatoms. The van der Waals surface area contributed by atoms with Gasteiger partial charge < -0.3 is 14.2 Å². The Morgan fingerprint density at radius 2 is 1.83 bits per heavy atom. The van der Waals surface area contributed by atoms with Crippen LogP contribution in [0, 0.1) is 0 Å². The highest BCUT2D eigenvalue weighted by Gasteiger charge is 2.55. The number of rotatable bonds is 4. The van der Waals surface area contributed by atoms with Crippen LogP contribution in [0.5, 0.6) is 0 Å². The normalized spacial score (nSPS) is 28.2. The Labute approximate surface area is 102 Å². The molecule has 0 aromatic heterocycles. The molecule has 0 radical (unpaired) electrons. The van der Waals surface area contributed by atoms with Crippen molar-refractivity contribution in [3.63, 3.8) is 0 Å². The van der Waals surface area contributed by atoms with Crippen molar-refractivity contribution >= 4 is 0 Å². The van der Waals surface area contributed by atoms with Gasteiger partial charge in [-0.05, 0) is 12.8 Å². The average molecular weight is 272 g/mol. The topological polar surface area (TPSA) is 27.7 Å². The van der Waals surface area contributed by atoms with E-state index in [1.54, 1.807) is 0 Å². The van der Waals surface area contributed by atoms with Gasteiger partial charge in [-0.15, -0.1) is 0 Å². The summed E-state index contributed by atoms with van der Waals surface area (Å²) in [5, 5.41) is 0. The van der Waals surface area contributed by atoms with Crippen molar-refractivity contribution in [2.24, 2.45) is 0 Å². The third-order valence-corrected chi connectivity index (χ3v) is 3.24. The minimum Gasteiger partial charge on any atom is -0.347 e. The quantitative estimate of drug-likeness (QED) is 0.736. The van der Waals surface area contributed by atoms with Crippen molar-refractivity contribution in [1.29, 1.82) is 0 Å². The molecule has 1 aliphatic heterocycles. The van der Waals surface area contributed by atoms with E-state index in [4.69, 9.17) is 9.47 Å². The van der Waals surface area contributed by atoms with E-state index in [0.717, 1.165) is 12.8 Å². The second kappa shape index (κ2) is 4.61. The summed E-state index contributed by atoms with van der Waals surface area (Å²) in [7, 11) is 0. The van der Waals surface area contributed by atoms with Crippen LogP contribution >= 0.6 is 0 Å². The molecule has 0 aromatic rings. The highest BCUT2D eigenvalue weighted by Crippen LogP contribution is 2.40. The fraction of sp³-hybridized carbons (Fsp3) is 1.00. The average Bonchev–Trinajstić information content (AvgIpc) is 2.86. The molecule has 1 unspecified atom stereocenters. The molecule has 0 N–H and O–H groups in total. The number of halogens is 4. The van der Waals surface area contributed by atoms with Gasteiger partial charge in [-0.1, -0.05) is 0 Å². The number of alkyl halides is 4. The third kappa shape index (κ3) is 2.78. The van der Waals surface area contributed by atoms with Crippen LogP contribution in [0.4, 0.5) is 17.6 Å². The lowest BCUT2D eigenvalue weighted by Gasteiger charge is -2.25. The molecule has 1 aliphatic carbocycles. The summed E-state index contributed by atoms with van der Waals surface area (Å²) in [4.78, 5) is 0. The Bertz CT molecular complexity index is 297. The molecule has 1 heterocycles. The van der Waals surface area contributed by atoms with Gasteiger partial charge >= 0.3 is 12.0 Å². The fourth-order valence-electron chi connectivity index (χ4n) is 2.20. The predicted octanol–water partition coefficient (Wildman–Crippen LogP) is 2.94. The van der Waals surface area contributed by atoms with Crippen LogP contribution in [0.1, 0.15) is 32.6 Å². The lowest BCUT2D eigenvalue weighted by molar-refractivity contribution is -0.346. The van der Waals surface area contributed by atoms with E-state index >= 15 is 0 Å². The van der Waals surface area contributed by atoms with Crippen LogP contribution in [0.15, 0.2) is 0 Å². The second-order valence-electron chi connectivity index (χ2n) is 4.88. The third-order valence-electron chi connectivity index (χ3n) is 3.24. The maximum Gasteiger partial charge on any atom is 0.419 e. The van der Waals surface area contributed by atoms with Crippen LogP contribution < -0.4 is 0 Å². The van der Waals surface area contributed by atoms with Crippen LogP contribution in [0.2, 0.25) is 0 Å². The molecule has 0 bridgehead atoms. The molecule has 1 atom stereocenters. The minimum absolute atomic E-state index is 0.103. The molecule has 1 spiro atoms. The van der Waals surface area contributed by atoms with Crippen LogP contribution in [-0.2, 0) is 14.2 Å². The number of ether oxygens (including phenoxy) is 3. The van der Waals surface area contributed by atoms with E-state index in [0.29, 0.717) is 12.8 Å². The zero-order chi connectivity index (χ0) is 13.4. The SMILES string of the molecule is CC(F)(F)C(F)(F)OCC1COC2(CCCC2)O1. The Balaban J connectivity index is 1.82. The maximum atomic E-state index is 12.9. The van der Waals surface area contributed by atoms with E-state index in [-0.39, 0.29) is 13.5 Å². The fourth-order valence-corrected chi connectivity index (χ4v) is 2.20.